The fourth-order valence-corrected chi connectivity index (χ4v) is 3.83. The second-order valence-corrected chi connectivity index (χ2v) is 6.62. The van der Waals surface area contributed by atoms with Crippen molar-refractivity contribution < 1.29 is 9.90 Å². The number of amides is 1. The Morgan fingerprint density at radius 1 is 1.18 bits per heavy atom. The first-order valence-corrected chi connectivity index (χ1v) is 8.40. The number of aliphatic hydroxyl groups is 1. The molecule has 0 unspecified atom stereocenters. The Morgan fingerprint density at radius 3 is 2.55 bits per heavy atom. The van der Waals surface area contributed by atoms with Crippen LogP contribution in [0.4, 0.5) is 0 Å². The van der Waals surface area contributed by atoms with E-state index >= 15 is 0 Å². The molecular weight excluding hydrogens is 294 g/mol. The summed E-state index contributed by atoms with van der Waals surface area (Å²) in [7, 11) is 0. The van der Waals surface area contributed by atoms with E-state index in [1.807, 2.05) is 37.3 Å². The van der Waals surface area contributed by atoms with Crippen LogP contribution in [0.15, 0.2) is 54.6 Å². The average Bonchev–Trinajstić information content (AvgIpc) is 2.90. The van der Waals surface area contributed by atoms with Crippen LogP contribution in [0.25, 0.3) is 0 Å². The zero-order valence-electron chi connectivity index (χ0n) is 12.5. The van der Waals surface area contributed by atoms with E-state index in [1.54, 1.807) is 16.7 Å². The van der Waals surface area contributed by atoms with Crippen LogP contribution in [0, 0.1) is 6.92 Å². The Bertz CT molecular complexity index is 642. The predicted molar refractivity (Wildman–Crippen MR) is 89.5 cm³/mol. The molecule has 1 aliphatic rings. The summed E-state index contributed by atoms with van der Waals surface area (Å²) in [5.74, 6) is 0.561. The van der Waals surface area contributed by atoms with Gasteiger partial charge in [-0.15, -0.1) is 11.8 Å². The second kappa shape index (κ2) is 6.55. The summed E-state index contributed by atoms with van der Waals surface area (Å²) in [6, 6.07) is 17.7. The molecule has 1 heterocycles. The van der Waals surface area contributed by atoms with Gasteiger partial charge in [0.2, 0.25) is 5.91 Å². The van der Waals surface area contributed by atoms with Gasteiger partial charge in [-0.25, -0.2) is 0 Å². The maximum Gasteiger partial charge on any atom is 0.233 e. The first-order valence-electron chi connectivity index (χ1n) is 7.36. The number of aliphatic hydroxyl groups excluding tert-OH is 1. The number of nitrogens with zero attached hydrogens (tertiary/aromatic N) is 1. The van der Waals surface area contributed by atoms with Gasteiger partial charge in [0.25, 0.3) is 0 Å². The molecule has 1 saturated heterocycles. The zero-order chi connectivity index (χ0) is 15.5. The molecule has 4 heteroatoms. The average molecular weight is 313 g/mol. The number of hydrogen-bond acceptors (Lipinski definition) is 3. The first kappa shape index (κ1) is 15.1. The van der Waals surface area contributed by atoms with Crippen molar-refractivity contribution in [3.05, 3.63) is 71.3 Å². The number of carbonyl (C=O) groups is 1. The van der Waals surface area contributed by atoms with Crippen LogP contribution in [0.1, 0.15) is 28.2 Å². The molecule has 0 aromatic heterocycles. The molecule has 0 bridgehead atoms. The molecule has 3 rings (SSSR count). The molecule has 2 aromatic carbocycles. The van der Waals surface area contributed by atoms with Crippen molar-refractivity contribution >= 4 is 17.7 Å². The molecule has 22 heavy (non-hydrogen) atoms. The van der Waals surface area contributed by atoms with Crippen molar-refractivity contribution in [3.8, 4) is 0 Å². The van der Waals surface area contributed by atoms with Gasteiger partial charge in [0.15, 0.2) is 0 Å². The van der Waals surface area contributed by atoms with Gasteiger partial charge in [-0.05, 0) is 18.1 Å². The van der Waals surface area contributed by atoms with Crippen LogP contribution in [0.2, 0.25) is 0 Å². The summed E-state index contributed by atoms with van der Waals surface area (Å²) in [6.45, 7) is 2.38. The minimum atomic E-state index is -0.656. The predicted octanol–water partition coefficient (Wildman–Crippen LogP) is 3.30. The van der Waals surface area contributed by atoms with Gasteiger partial charge in [0.1, 0.15) is 5.37 Å². The molecule has 2 atom stereocenters. The van der Waals surface area contributed by atoms with E-state index in [2.05, 4.69) is 24.3 Å². The highest BCUT2D eigenvalue weighted by Gasteiger charge is 2.34. The lowest BCUT2D eigenvalue weighted by Gasteiger charge is -2.27. The van der Waals surface area contributed by atoms with E-state index in [-0.39, 0.29) is 11.3 Å². The summed E-state index contributed by atoms with van der Waals surface area (Å²) in [4.78, 5) is 14.0. The zero-order valence-corrected chi connectivity index (χ0v) is 13.3. The van der Waals surface area contributed by atoms with E-state index in [9.17, 15) is 9.90 Å². The van der Waals surface area contributed by atoms with Crippen molar-refractivity contribution in [2.75, 3.05) is 12.3 Å². The van der Waals surface area contributed by atoms with Crippen LogP contribution in [0.5, 0.6) is 0 Å². The molecule has 3 nitrogen and oxygen atoms in total. The number of rotatable bonds is 4. The second-order valence-electron chi connectivity index (χ2n) is 5.55. The summed E-state index contributed by atoms with van der Waals surface area (Å²) < 4.78 is 0. The fourth-order valence-electron chi connectivity index (χ4n) is 2.63. The number of aryl methyl sites for hydroxylation is 1. The Hall–Kier alpha value is -1.78. The van der Waals surface area contributed by atoms with Crippen LogP contribution >= 0.6 is 11.8 Å². The Kier molecular flexibility index (Phi) is 4.50. The Balaban J connectivity index is 1.78. The van der Waals surface area contributed by atoms with E-state index in [0.29, 0.717) is 12.3 Å². The van der Waals surface area contributed by atoms with Gasteiger partial charge >= 0.3 is 0 Å². The monoisotopic (exact) mass is 313 g/mol. The van der Waals surface area contributed by atoms with Gasteiger partial charge in [-0.3, -0.25) is 4.79 Å². The smallest absolute Gasteiger partial charge is 0.233 e. The third-order valence-corrected chi connectivity index (χ3v) is 5.14. The largest absolute Gasteiger partial charge is 0.387 e. The van der Waals surface area contributed by atoms with Gasteiger partial charge in [0.05, 0.1) is 18.4 Å². The third-order valence-electron chi connectivity index (χ3n) is 3.88. The van der Waals surface area contributed by atoms with E-state index in [0.717, 1.165) is 11.1 Å². The van der Waals surface area contributed by atoms with E-state index in [1.165, 1.54) is 5.56 Å². The lowest BCUT2D eigenvalue weighted by atomic mass is 10.1. The molecule has 1 N–H and O–H groups in total. The lowest BCUT2D eigenvalue weighted by Crippen LogP contribution is -2.32. The van der Waals surface area contributed by atoms with Gasteiger partial charge in [-0.1, -0.05) is 60.2 Å². The maximum absolute atomic E-state index is 12.2. The molecule has 1 amide bonds. The highest BCUT2D eigenvalue weighted by Crippen LogP contribution is 2.39. The summed E-state index contributed by atoms with van der Waals surface area (Å²) >= 11 is 1.62. The summed E-state index contributed by atoms with van der Waals surface area (Å²) in [5.41, 5.74) is 3.16. The van der Waals surface area contributed by atoms with Crippen molar-refractivity contribution in [3.63, 3.8) is 0 Å². The molecule has 0 spiro atoms. The lowest BCUT2D eigenvalue weighted by molar-refractivity contribution is -0.129. The van der Waals surface area contributed by atoms with Crippen LogP contribution in [0.3, 0.4) is 0 Å². The summed E-state index contributed by atoms with van der Waals surface area (Å²) in [6.07, 6.45) is -0.656. The molecule has 0 radical (unpaired) electrons. The van der Waals surface area contributed by atoms with Crippen molar-refractivity contribution in [2.24, 2.45) is 0 Å². The number of hydrogen-bond donors (Lipinski definition) is 1. The molecule has 2 aromatic rings. The number of β-amino-alcohol motifs (C(OH)–C–C–N with tert-alkyl or cyclic N) is 1. The Morgan fingerprint density at radius 2 is 1.86 bits per heavy atom. The van der Waals surface area contributed by atoms with Gasteiger partial charge in [-0.2, -0.15) is 0 Å². The molecule has 0 saturated carbocycles. The molecular formula is C18H19NO2S. The van der Waals surface area contributed by atoms with E-state index < -0.39 is 6.10 Å². The number of benzene rings is 2. The number of carbonyl (C=O) groups excluding carboxylic acids is 1. The molecule has 1 aliphatic heterocycles. The Labute approximate surface area is 135 Å². The summed E-state index contributed by atoms with van der Waals surface area (Å²) in [5, 5.41) is 10.4. The highest BCUT2D eigenvalue weighted by atomic mass is 32.2. The van der Waals surface area contributed by atoms with Crippen LogP contribution < -0.4 is 0 Å². The van der Waals surface area contributed by atoms with Gasteiger partial charge < -0.3 is 10.0 Å². The van der Waals surface area contributed by atoms with Crippen molar-refractivity contribution in [1.29, 1.82) is 0 Å². The normalized spacial score (nSPS) is 19.5. The first-order chi connectivity index (χ1) is 10.6. The standard InChI is InChI=1S/C18H19NO2S/c1-13-7-9-15(10-8-13)18-19(17(21)12-22-18)11-16(20)14-5-3-2-4-6-14/h2-10,16,18,20H,11-12H2,1H3/t16-,18-/m0/s1. The quantitative estimate of drug-likeness (QED) is 0.941. The highest BCUT2D eigenvalue weighted by molar-refractivity contribution is 8.00. The molecule has 0 aliphatic carbocycles. The van der Waals surface area contributed by atoms with Gasteiger partial charge in [0, 0.05) is 0 Å². The SMILES string of the molecule is Cc1ccc([C@@H]2SCC(=O)N2C[C@H](O)c2ccccc2)cc1. The third kappa shape index (κ3) is 3.18. The van der Waals surface area contributed by atoms with Crippen LogP contribution in [-0.2, 0) is 4.79 Å². The van der Waals surface area contributed by atoms with Crippen LogP contribution in [-0.4, -0.2) is 28.2 Å². The number of thioether (sulfide) groups is 1. The minimum Gasteiger partial charge on any atom is -0.387 e. The van der Waals surface area contributed by atoms with Crippen molar-refractivity contribution in [2.45, 2.75) is 18.4 Å². The maximum atomic E-state index is 12.2. The minimum absolute atomic E-state index is 0.00791. The van der Waals surface area contributed by atoms with Crippen molar-refractivity contribution in [1.82, 2.24) is 4.90 Å². The molecule has 114 valence electrons. The topological polar surface area (TPSA) is 40.5 Å². The molecule has 1 fully saturated rings. The van der Waals surface area contributed by atoms with E-state index in [4.69, 9.17) is 0 Å². The fraction of sp³-hybridized carbons (Fsp3) is 0.278.